The van der Waals surface area contributed by atoms with Crippen LogP contribution in [0.1, 0.15) is 22.9 Å². The molecule has 0 N–H and O–H groups in total. The Balaban J connectivity index is 1.68. The summed E-state index contributed by atoms with van der Waals surface area (Å²) in [7, 11) is 3.05. The van der Waals surface area contributed by atoms with Crippen molar-refractivity contribution in [3.05, 3.63) is 96.1 Å². The molecular weight excluding hydrogens is 390 g/mol. The Morgan fingerprint density at radius 1 is 1.03 bits per heavy atom. The SMILES string of the molecule is COC(=O)N1C=Cc2ccccc2[C@@H]1c1ccc2cnc(-c3cccc(OC)c3)cn12. The van der Waals surface area contributed by atoms with Gasteiger partial charge in [0.05, 0.1) is 37.3 Å². The van der Waals surface area contributed by atoms with E-state index in [-0.39, 0.29) is 6.04 Å². The van der Waals surface area contributed by atoms with E-state index in [0.29, 0.717) is 0 Å². The number of carbonyl (C=O) groups excluding carboxylic acids is 1. The molecule has 6 heteroatoms. The molecule has 0 bridgehead atoms. The highest BCUT2D eigenvalue weighted by molar-refractivity contribution is 5.75. The third-order valence-electron chi connectivity index (χ3n) is 5.58. The molecule has 0 aliphatic carbocycles. The number of rotatable bonds is 3. The van der Waals surface area contributed by atoms with E-state index in [2.05, 4.69) is 9.38 Å². The Labute approximate surface area is 180 Å². The van der Waals surface area contributed by atoms with E-state index in [4.69, 9.17) is 9.47 Å². The van der Waals surface area contributed by atoms with Crippen LogP contribution in [0.5, 0.6) is 5.75 Å². The van der Waals surface area contributed by atoms with Crippen LogP contribution >= 0.6 is 0 Å². The van der Waals surface area contributed by atoms with Gasteiger partial charge in [0.25, 0.3) is 0 Å². The molecule has 2 aromatic carbocycles. The van der Waals surface area contributed by atoms with Crippen molar-refractivity contribution in [1.82, 2.24) is 14.3 Å². The van der Waals surface area contributed by atoms with Crippen molar-refractivity contribution >= 4 is 17.7 Å². The van der Waals surface area contributed by atoms with Crippen LogP contribution in [0, 0.1) is 0 Å². The average molecular weight is 411 g/mol. The first-order valence-electron chi connectivity index (χ1n) is 9.94. The molecule has 0 radical (unpaired) electrons. The summed E-state index contributed by atoms with van der Waals surface area (Å²) in [6.45, 7) is 0. The van der Waals surface area contributed by atoms with Crippen LogP contribution in [-0.2, 0) is 4.74 Å². The fourth-order valence-electron chi connectivity index (χ4n) is 4.06. The second kappa shape index (κ2) is 7.65. The normalized spacial score (nSPS) is 15.0. The van der Waals surface area contributed by atoms with Gasteiger partial charge in [0.2, 0.25) is 0 Å². The first-order chi connectivity index (χ1) is 15.2. The number of nitrogens with zero attached hydrogens (tertiary/aromatic N) is 3. The van der Waals surface area contributed by atoms with E-state index in [9.17, 15) is 4.79 Å². The largest absolute Gasteiger partial charge is 0.497 e. The average Bonchev–Trinajstić information content (AvgIpc) is 3.25. The molecule has 5 rings (SSSR count). The van der Waals surface area contributed by atoms with E-state index in [1.807, 2.05) is 79.1 Å². The van der Waals surface area contributed by atoms with Crippen LogP contribution in [0.4, 0.5) is 4.79 Å². The summed E-state index contributed by atoms with van der Waals surface area (Å²) in [5, 5.41) is 0. The lowest BCUT2D eigenvalue weighted by atomic mass is 9.94. The predicted molar refractivity (Wildman–Crippen MR) is 119 cm³/mol. The van der Waals surface area contributed by atoms with Gasteiger partial charge in [-0.1, -0.05) is 36.4 Å². The molecular formula is C25H21N3O3. The van der Waals surface area contributed by atoms with E-state index in [1.54, 1.807) is 18.2 Å². The maximum Gasteiger partial charge on any atom is 0.414 e. The van der Waals surface area contributed by atoms with Gasteiger partial charge in [-0.3, -0.25) is 9.88 Å². The summed E-state index contributed by atoms with van der Waals surface area (Å²) in [6.07, 6.45) is 7.14. The molecule has 1 amide bonds. The number of aromatic nitrogens is 2. The van der Waals surface area contributed by atoms with Crippen LogP contribution in [-0.4, -0.2) is 34.6 Å². The Morgan fingerprint density at radius 2 is 1.90 bits per heavy atom. The van der Waals surface area contributed by atoms with Gasteiger partial charge >= 0.3 is 6.09 Å². The van der Waals surface area contributed by atoms with E-state index in [0.717, 1.165) is 39.3 Å². The molecule has 31 heavy (non-hydrogen) atoms. The topological polar surface area (TPSA) is 56.1 Å². The first-order valence-corrected chi connectivity index (χ1v) is 9.94. The van der Waals surface area contributed by atoms with Crippen molar-refractivity contribution in [2.75, 3.05) is 14.2 Å². The van der Waals surface area contributed by atoms with Crippen molar-refractivity contribution in [3.63, 3.8) is 0 Å². The maximum absolute atomic E-state index is 12.6. The summed E-state index contributed by atoms with van der Waals surface area (Å²) in [5.41, 5.74) is 5.77. The highest BCUT2D eigenvalue weighted by Gasteiger charge is 2.31. The number of benzene rings is 2. The third-order valence-corrected chi connectivity index (χ3v) is 5.58. The number of hydrogen-bond donors (Lipinski definition) is 0. The van der Waals surface area contributed by atoms with Gasteiger partial charge in [-0.15, -0.1) is 0 Å². The van der Waals surface area contributed by atoms with E-state index in [1.165, 1.54) is 7.11 Å². The quantitative estimate of drug-likeness (QED) is 0.468. The van der Waals surface area contributed by atoms with E-state index < -0.39 is 6.09 Å². The lowest BCUT2D eigenvalue weighted by Crippen LogP contribution is -2.33. The molecule has 0 saturated carbocycles. The minimum absolute atomic E-state index is 0.322. The van der Waals surface area contributed by atoms with E-state index >= 15 is 0 Å². The van der Waals surface area contributed by atoms with Crippen molar-refractivity contribution in [2.45, 2.75) is 6.04 Å². The molecule has 4 aromatic rings. The van der Waals surface area contributed by atoms with Crippen molar-refractivity contribution in [3.8, 4) is 17.0 Å². The molecule has 1 atom stereocenters. The molecule has 2 aromatic heterocycles. The van der Waals surface area contributed by atoms with Crippen LogP contribution in [0.3, 0.4) is 0 Å². The number of methoxy groups -OCH3 is 2. The molecule has 0 saturated heterocycles. The summed E-state index contributed by atoms with van der Waals surface area (Å²) in [4.78, 5) is 18.8. The highest BCUT2D eigenvalue weighted by atomic mass is 16.5. The van der Waals surface area contributed by atoms with Crippen molar-refractivity contribution < 1.29 is 14.3 Å². The van der Waals surface area contributed by atoms with Gasteiger partial charge in [-0.05, 0) is 41.5 Å². The lowest BCUT2D eigenvalue weighted by molar-refractivity contribution is 0.130. The number of fused-ring (bicyclic) bond motifs is 2. The van der Waals surface area contributed by atoms with Crippen LogP contribution in [0.25, 0.3) is 22.9 Å². The van der Waals surface area contributed by atoms with Gasteiger partial charge in [0.15, 0.2) is 0 Å². The Hall–Kier alpha value is -4.06. The molecule has 0 spiro atoms. The maximum atomic E-state index is 12.6. The molecule has 3 heterocycles. The zero-order chi connectivity index (χ0) is 21.4. The Morgan fingerprint density at radius 3 is 2.74 bits per heavy atom. The highest BCUT2D eigenvalue weighted by Crippen LogP contribution is 2.37. The zero-order valence-corrected chi connectivity index (χ0v) is 17.2. The van der Waals surface area contributed by atoms with Gasteiger partial charge in [-0.25, -0.2) is 4.79 Å². The number of ether oxygens (including phenoxy) is 2. The van der Waals surface area contributed by atoms with Gasteiger partial charge in [0, 0.05) is 18.0 Å². The number of carbonyl (C=O) groups is 1. The Bertz CT molecular complexity index is 1310. The van der Waals surface area contributed by atoms with Crippen LogP contribution < -0.4 is 4.74 Å². The van der Waals surface area contributed by atoms with Gasteiger partial charge in [-0.2, -0.15) is 0 Å². The Kier molecular flexibility index (Phi) is 4.67. The third kappa shape index (κ3) is 3.22. The van der Waals surface area contributed by atoms with Crippen LogP contribution in [0.15, 0.2) is 79.3 Å². The fourth-order valence-corrected chi connectivity index (χ4v) is 4.06. The second-order valence-electron chi connectivity index (χ2n) is 7.28. The lowest BCUT2D eigenvalue weighted by Gasteiger charge is -2.32. The predicted octanol–water partition coefficient (Wildman–Crippen LogP) is 5.15. The van der Waals surface area contributed by atoms with Crippen molar-refractivity contribution in [1.29, 1.82) is 0 Å². The summed E-state index contributed by atoms with van der Waals surface area (Å²) in [6, 6.07) is 19.6. The zero-order valence-electron chi connectivity index (χ0n) is 17.2. The minimum Gasteiger partial charge on any atom is -0.497 e. The standard InChI is InChI=1S/C25H21N3O3/c1-30-20-8-5-7-18(14-20)22-16-28-19(15-26-22)10-11-23(28)24-21-9-4-3-6-17(21)12-13-27(24)25(29)31-2/h3-16,24H,1-2H3/t24-/m1/s1. The molecule has 6 nitrogen and oxygen atoms in total. The minimum atomic E-state index is -0.409. The summed E-state index contributed by atoms with van der Waals surface area (Å²) >= 11 is 0. The van der Waals surface area contributed by atoms with Gasteiger partial charge < -0.3 is 13.9 Å². The number of hydrogen-bond acceptors (Lipinski definition) is 4. The number of amides is 1. The summed E-state index contributed by atoms with van der Waals surface area (Å²) < 4.78 is 12.5. The van der Waals surface area contributed by atoms with Gasteiger partial charge in [0.1, 0.15) is 11.8 Å². The first kappa shape index (κ1) is 18.9. The molecule has 0 unspecified atom stereocenters. The molecule has 1 aliphatic heterocycles. The fraction of sp³-hybridized carbons (Fsp3) is 0.120. The van der Waals surface area contributed by atoms with Crippen LogP contribution in [0.2, 0.25) is 0 Å². The summed E-state index contributed by atoms with van der Waals surface area (Å²) in [5.74, 6) is 0.773. The molecule has 1 aliphatic rings. The second-order valence-corrected chi connectivity index (χ2v) is 7.28. The smallest absolute Gasteiger partial charge is 0.414 e. The monoisotopic (exact) mass is 411 g/mol. The molecule has 154 valence electrons. The van der Waals surface area contributed by atoms with Crippen molar-refractivity contribution in [2.24, 2.45) is 0 Å². The molecule has 0 fully saturated rings.